The molecular weight excluding hydrogens is 226 g/mol. The van der Waals surface area contributed by atoms with Gasteiger partial charge in [-0.25, -0.2) is 8.42 Å². The van der Waals surface area contributed by atoms with Gasteiger partial charge in [0.25, 0.3) is 0 Å². The Bertz CT molecular complexity index is 275. The standard InChI is InChI=1S/C11H25NO3S/c1-4-16(14,15)7-5-6-11(13)10(8-12)9(2)3/h9-11,13H,4-8,12H2,1-3H3. The van der Waals surface area contributed by atoms with Crippen LogP contribution >= 0.6 is 0 Å². The van der Waals surface area contributed by atoms with Gasteiger partial charge in [-0.1, -0.05) is 20.8 Å². The number of sulfone groups is 1. The van der Waals surface area contributed by atoms with Crippen molar-refractivity contribution in [2.45, 2.75) is 39.7 Å². The highest BCUT2D eigenvalue weighted by molar-refractivity contribution is 7.91. The Kier molecular flexibility index (Phi) is 7.19. The van der Waals surface area contributed by atoms with Gasteiger partial charge in [0, 0.05) is 5.75 Å². The van der Waals surface area contributed by atoms with Crippen LogP contribution in [0.4, 0.5) is 0 Å². The van der Waals surface area contributed by atoms with Crippen molar-refractivity contribution in [1.29, 1.82) is 0 Å². The molecule has 0 aliphatic carbocycles. The summed E-state index contributed by atoms with van der Waals surface area (Å²) < 4.78 is 22.5. The van der Waals surface area contributed by atoms with Crippen molar-refractivity contribution in [1.82, 2.24) is 0 Å². The quantitative estimate of drug-likeness (QED) is 0.668. The van der Waals surface area contributed by atoms with Gasteiger partial charge in [-0.15, -0.1) is 0 Å². The van der Waals surface area contributed by atoms with E-state index in [0.717, 1.165) is 0 Å². The molecule has 0 heterocycles. The molecule has 2 atom stereocenters. The van der Waals surface area contributed by atoms with Crippen LogP contribution in [0.15, 0.2) is 0 Å². The molecule has 0 aromatic carbocycles. The summed E-state index contributed by atoms with van der Waals surface area (Å²) in [5, 5.41) is 9.87. The molecule has 98 valence electrons. The first kappa shape index (κ1) is 15.9. The summed E-state index contributed by atoms with van der Waals surface area (Å²) in [6.07, 6.45) is 0.539. The van der Waals surface area contributed by atoms with Gasteiger partial charge < -0.3 is 10.8 Å². The van der Waals surface area contributed by atoms with Crippen LogP contribution in [0.3, 0.4) is 0 Å². The first-order valence-corrected chi connectivity index (χ1v) is 7.74. The van der Waals surface area contributed by atoms with Crippen LogP contribution in [0.2, 0.25) is 0 Å². The van der Waals surface area contributed by atoms with Crippen LogP contribution in [0.1, 0.15) is 33.6 Å². The molecule has 0 saturated heterocycles. The monoisotopic (exact) mass is 251 g/mol. The van der Waals surface area contributed by atoms with Gasteiger partial charge in [0.05, 0.1) is 11.9 Å². The first-order chi connectivity index (χ1) is 7.34. The predicted octanol–water partition coefficient (Wildman–Crippen LogP) is 0.793. The highest BCUT2D eigenvalue weighted by Gasteiger charge is 2.21. The summed E-state index contributed by atoms with van der Waals surface area (Å²) in [6.45, 7) is 6.12. The lowest BCUT2D eigenvalue weighted by Gasteiger charge is -2.24. The fourth-order valence-electron chi connectivity index (χ4n) is 1.74. The van der Waals surface area contributed by atoms with Gasteiger partial charge in [-0.2, -0.15) is 0 Å². The number of hydrogen-bond acceptors (Lipinski definition) is 4. The average Bonchev–Trinajstić information content (AvgIpc) is 2.18. The number of aliphatic hydroxyl groups excluding tert-OH is 1. The number of aliphatic hydroxyl groups is 1. The lowest BCUT2D eigenvalue weighted by atomic mass is 9.88. The van der Waals surface area contributed by atoms with Crippen molar-refractivity contribution in [3.8, 4) is 0 Å². The zero-order valence-electron chi connectivity index (χ0n) is 10.5. The Morgan fingerprint density at radius 1 is 1.31 bits per heavy atom. The number of hydrogen-bond donors (Lipinski definition) is 2. The van der Waals surface area contributed by atoms with Crippen molar-refractivity contribution in [3.05, 3.63) is 0 Å². The molecule has 0 aromatic rings. The first-order valence-electron chi connectivity index (χ1n) is 5.92. The van der Waals surface area contributed by atoms with E-state index in [2.05, 4.69) is 0 Å². The topological polar surface area (TPSA) is 80.4 Å². The van der Waals surface area contributed by atoms with E-state index in [1.165, 1.54) is 0 Å². The number of rotatable bonds is 8. The Labute approximate surface area is 99.1 Å². The Morgan fingerprint density at radius 2 is 1.88 bits per heavy atom. The van der Waals surface area contributed by atoms with Crippen LogP contribution in [0.25, 0.3) is 0 Å². The van der Waals surface area contributed by atoms with Gasteiger partial charge in [0.2, 0.25) is 0 Å². The molecule has 2 unspecified atom stereocenters. The van der Waals surface area contributed by atoms with E-state index in [1.54, 1.807) is 6.92 Å². The second-order valence-corrected chi connectivity index (χ2v) is 7.06. The Hall–Kier alpha value is -0.130. The van der Waals surface area contributed by atoms with Crippen LogP contribution in [0.5, 0.6) is 0 Å². The van der Waals surface area contributed by atoms with Crippen LogP contribution in [-0.4, -0.2) is 37.7 Å². The average molecular weight is 251 g/mol. The molecule has 0 rings (SSSR count). The fraction of sp³-hybridized carbons (Fsp3) is 1.00. The minimum absolute atomic E-state index is 0.0596. The summed E-state index contributed by atoms with van der Waals surface area (Å²) in [5.74, 6) is 0.718. The largest absolute Gasteiger partial charge is 0.393 e. The van der Waals surface area contributed by atoms with Gasteiger partial charge in [0.1, 0.15) is 9.84 Å². The van der Waals surface area contributed by atoms with E-state index in [0.29, 0.717) is 25.3 Å². The van der Waals surface area contributed by atoms with Crippen molar-refractivity contribution in [3.63, 3.8) is 0 Å². The van der Waals surface area contributed by atoms with Gasteiger partial charge in [-0.3, -0.25) is 0 Å². The molecule has 3 N–H and O–H groups in total. The molecular formula is C11H25NO3S. The molecule has 4 nitrogen and oxygen atoms in total. The summed E-state index contributed by atoms with van der Waals surface area (Å²) >= 11 is 0. The molecule has 0 radical (unpaired) electrons. The third-order valence-electron chi connectivity index (χ3n) is 3.02. The minimum Gasteiger partial charge on any atom is -0.393 e. The van der Waals surface area contributed by atoms with E-state index < -0.39 is 15.9 Å². The molecule has 0 aliphatic heterocycles. The fourth-order valence-corrected chi connectivity index (χ4v) is 2.64. The second kappa shape index (κ2) is 7.25. The Balaban J connectivity index is 4.02. The van der Waals surface area contributed by atoms with Gasteiger partial charge in [-0.05, 0) is 31.2 Å². The summed E-state index contributed by atoms with van der Waals surface area (Å²) in [5.41, 5.74) is 5.58. The molecule has 5 heteroatoms. The number of nitrogens with two attached hydrogens (primary N) is 1. The lowest BCUT2D eigenvalue weighted by molar-refractivity contribution is 0.0779. The van der Waals surface area contributed by atoms with E-state index in [4.69, 9.17) is 5.73 Å². The van der Waals surface area contributed by atoms with E-state index in [-0.39, 0.29) is 17.4 Å². The smallest absolute Gasteiger partial charge is 0.150 e. The summed E-state index contributed by atoms with van der Waals surface area (Å²) in [4.78, 5) is 0. The molecule has 0 aliphatic rings. The normalized spacial score (nSPS) is 16.4. The van der Waals surface area contributed by atoms with Crippen molar-refractivity contribution >= 4 is 9.84 Å². The van der Waals surface area contributed by atoms with Crippen LogP contribution in [0, 0.1) is 11.8 Å². The van der Waals surface area contributed by atoms with Crippen LogP contribution in [-0.2, 0) is 9.84 Å². The zero-order chi connectivity index (χ0) is 12.8. The molecule has 16 heavy (non-hydrogen) atoms. The third-order valence-corrected chi connectivity index (χ3v) is 4.81. The van der Waals surface area contributed by atoms with Crippen molar-refractivity contribution < 1.29 is 13.5 Å². The van der Waals surface area contributed by atoms with Crippen molar-refractivity contribution in [2.24, 2.45) is 17.6 Å². The zero-order valence-corrected chi connectivity index (χ0v) is 11.3. The maximum Gasteiger partial charge on any atom is 0.150 e. The van der Waals surface area contributed by atoms with Gasteiger partial charge in [0.15, 0.2) is 0 Å². The summed E-state index contributed by atoms with van der Waals surface area (Å²) in [7, 11) is -2.91. The maximum absolute atomic E-state index is 11.2. The molecule has 0 spiro atoms. The molecule has 0 fully saturated rings. The molecule has 0 bridgehead atoms. The minimum atomic E-state index is -2.91. The van der Waals surface area contributed by atoms with E-state index in [9.17, 15) is 13.5 Å². The maximum atomic E-state index is 11.2. The molecule has 0 aromatic heterocycles. The second-order valence-electron chi connectivity index (χ2n) is 4.59. The van der Waals surface area contributed by atoms with Crippen LogP contribution < -0.4 is 5.73 Å². The van der Waals surface area contributed by atoms with Crippen molar-refractivity contribution in [2.75, 3.05) is 18.1 Å². The van der Waals surface area contributed by atoms with E-state index >= 15 is 0 Å². The summed E-state index contributed by atoms with van der Waals surface area (Å²) in [6, 6.07) is 0. The van der Waals surface area contributed by atoms with Gasteiger partial charge >= 0.3 is 0 Å². The predicted molar refractivity (Wildman–Crippen MR) is 67.0 cm³/mol. The molecule has 0 saturated carbocycles. The highest BCUT2D eigenvalue weighted by atomic mass is 32.2. The lowest BCUT2D eigenvalue weighted by Crippen LogP contribution is -2.32. The SMILES string of the molecule is CCS(=O)(=O)CCCC(O)C(CN)C(C)C. The highest BCUT2D eigenvalue weighted by Crippen LogP contribution is 2.18. The van der Waals surface area contributed by atoms with E-state index in [1.807, 2.05) is 13.8 Å². The third kappa shape index (κ3) is 5.82. The Morgan fingerprint density at radius 3 is 2.25 bits per heavy atom. The molecule has 0 amide bonds.